The molecule has 0 aromatic carbocycles. The van der Waals surface area contributed by atoms with Crippen LogP contribution in [0.1, 0.15) is 26.2 Å². The summed E-state index contributed by atoms with van der Waals surface area (Å²) in [5.74, 6) is 2.68. The Bertz CT molecular complexity index is 310. The predicted octanol–water partition coefficient (Wildman–Crippen LogP) is 3.69. The summed E-state index contributed by atoms with van der Waals surface area (Å²) >= 11 is 3.38. The number of nitrogens with zero attached hydrogens (tertiary/aromatic N) is 1. The molecule has 2 nitrogen and oxygen atoms in total. The van der Waals surface area contributed by atoms with Crippen LogP contribution >= 0.6 is 15.9 Å². The van der Waals surface area contributed by atoms with Crippen LogP contribution in [0.15, 0.2) is 22.8 Å². The standard InChI is InChI=1S/C12H17BrN2/c1-9-3-2-4-10(9)7-14-12-6-5-11(13)8-15-12/h5-6,8-10H,2-4,7H2,1H3,(H,14,15). The second-order valence-corrected chi connectivity index (χ2v) is 5.33. The average Bonchev–Trinajstić information content (AvgIpc) is 2.63. The van der Waals surface area contributed by atoms with Crippen LogP contribution in [0.2, 0.25) is 0 Å². The first kappa shape index (κ1) is 10.9. The Labute approximate surface area is 99.6 Å². The predicted molar refractivity (Wildman–Crippen MR) is 66.9 cm³/mol. The van der Waals surface area contributed by atoms with Gasteiger partial charge >= 0.3 is 0 Å². The zero-order valence-electron chi connectivity index (χ0n) is 9.04. The first-order valence-corrected chi connectivity index (χ1v) is 6.40. The topological polar surface area (TPSA) is 24.9 Å². The summed E-state index contributed by atoms with van der Waals surface area (Å²) in [6.45, 7) is 3.42. The summed E-state index contributed by atoms with van der Waals surface area (Å²) < 4.78 is 1.03. The molecule has 0 bridgehead atoms. The van der Waals surface area contributed by atoms with Gasteiger partial charge in [0.25, 0.3) is 0 Å². The molecule has 1 aromatic heterocycles. The van der Waals surface area contributed by atoms with E-state index in [1.807, 2.05) is 18.3 Å². The van der Waals surface area contributed by atoms with E-state index < -0.39 is 0 Å². The zero-order chi connectivity index (χ0) is 10.7. The molecule has 1 saturated carbocycles. The second-order valence-electron chi connectivity index (χ2n) is 4.41. The number of hydrogen-bond donors (Lipinski definition) is 1. The van der Waals surface area contributed by atoms with E-state index in [1.54, 1.807) is 0 Å². The van der Waals surface area contributed by atoms with Crippen LogP contribution in [0, 0.1) is 11.8 Å². The van der Waals surface area contributed by atoms with Gasteiger partial charge < -0.3 is 5.32 Å². The van der Waals surface area contributed by atoms with E-state index in [4.69, 9.17) is 0 Å². The van der Waals surface area contributed by atoms with Crippen molar-refractivity contribution in [3.05, 3.63) is 22.8 Å². The Balaban J connectivity index is 1.85. The number of nitrogens with one attached hydrogen (secondary N) is 1. The lowest BCUT2D eigenvalue weighted by Crippen LogP contribution is -2.16. The van der Waals surface area contributed by atoms with Gasteiger partial charge in [-0.05, 0) is 46.3 Å². The molecule has 1 N–H and O–H groups in total. The molecule has 3 heteroatoms. The summed E-state index contributed by atoms with van der Waals surface area (Å²) in [6.07, 6.45) is 5.98. The molecule has 1 fully saturated rings. The SMILES string of the molecule is CC1CCCC1CNc1ccc(Br)cn1. The van der Waals surface area contributed by atoms with Crippen LogP contribution in [0.4, 0.5) is 5.82 Å². The summed E-state index contributed by atoms with van der Waals surface area (Å²) in [5.41, 5.74) is 0. The third kappa shape index (κ3) is 2.94. The Kier molecular flexibility index (Phi) is 3.62. The van der Waals surface area contributed by atoms with Crippen LogP contribution in [-0.4, -0.2) is 11.5 Å². The van der Waals surface area contributed by atoms with E-state index in [9.17, 15) is 0 Å². The van der Waals surface area contributed by atoms with Gasteiger partial charge in [0.05, 0.1) is 0 Å². The average molecular weight is 269 g/mol. The van der Waals surface area contributed by atoms with Gasteiger partial charge in [-0.15, -0.1) is 0 Å². The molecule has 0 amide bonds. The summed E-state index contributed by atoms with van der Waals surface area (Å²) in [4.78, 5) is 4.31. The third-order valence-electron chi connectivity index (χ3n) is 3.31. The van der Waals surface area contributed by atoms with Gasteiger partial charge in [-0.3, -0.25) is 0 Å². The van der Waals surface area contributed by atoms with E-state index in [-0.39, 0.29) is 0 Å². The Morgan fingerprint density at radius 1 is 1.47 bits per heavy atom. The van der Waals surface area contributed by atoms with Crippen molar-refractivity contribution in [1.82, 2.24) is 4.98 Å². The van der Waals surface area contributed by atoms with Crippen LogP contribution < -0.4 is 5.32 Å². The van der Waals surface area contributed by atoms with E-state index in [1.165, 1.54) is 19.3 Å². The number of aromatic nitrogens is 1. The van der Waals surface area contributed by atoms with Crippen molar-refractivity contribution < 1.29 is 0 Å². The molecule has 2 rings (SSSR count). The molecule has 0 spiro atoms. The summed E-state index contributed by atoms with van der Waals surface area (Å²) in [6, 6.07) is 4.04. The number of anilines is 1. The highest BCUT2D eigenvalue weighted by Crippen LogP contribution is 2.31. The van der Waals surface area contributed by atoms with Gasteiger partial charge in [0, 0.05) is 17.2 Å². The Hall–Kier alpha value is -0.570. The lowest BCUT2D eigenvalue weighted by molar-refractivity contribution is 0.439. The highest BCUT2D eigenvalue weighted by molar-refractivity contribution is 9.10. The van der Waals surface area contributed by atoms with Gasteiger partial charge in [-0.25, -0.2) is 4.98 Å². The molecule has 82 valence electrons. The lowest BCUT2D eigenvalue weighted by atomic mass is 9.98. The maximum absolute atomic E-state index is 4.31. The number of pyridine rings is 1. The first-order valence-electron chi connectivity index (χ1n) is 5.61. The minimum absolute atomic E-state index is 0.829. The monoisotopic (exact) mass is 268 g/mol. The number of hydrogen-bond acceptors (Lipinski definition) is 2. The Morgan fingerprint density at radius 2 is 2.33 bits per heavy atom. The summed E-state index contributed by atoms with van der Waals surface area (Å²) in [5, 5.41) is 3.41. The number of rotatable bonds is 3. The maximum atomic E-state index is 4.31. The van der Waals surface area contributed by atoms with Gasteiger partial charge in [0.1, 0.15) is 5.82 Å². The third-order valence-corrected chi connectivity index (χ3v) is 3.78. The highest BCUT2D eigenvalue weighted by Gasteiger charge is 2.22. The van der Waals surface area contributed by atoms with Gasteiger partial charge in [0.2, 0.25) is 0 Å². The van der Waals surface area contributed by atoms with E-state index in [0.29, 0.717) is 0 Å². The maximum Gasteiger partial charge on any atom is 0.125 e. The largest absolute Gasteiger partial charge is 0.370 e. The van der Waals surface area contributed by atoms with Gasteiger partial charge in [0.15, 0.2) is 0 Å². The minimum Gasteiger partial charge on any atom is -0.370 e. The normalized spacial score (nSPS) is 25.5. The smallest absolute Gasteiger partial charge is 0.125 e. The first-order chi connectivity index (χ1) is 7.25. The van der Waals surface area contributed by atoms with Gasteiger partial charge in [-0.2, -0.15) is 0 Å². The highest BCUT2D eigenvalue weighted by atomic mass is 79.9. The number of halogens is 1. The van der Waals surface area contributed by atoms with Crippen molar-refractivity contribution in [3.63, 3.8) is 0 Å². The van der Waals surface area contributed by atoms with E-state index >= 15 is 0 Å². The molecule has 1 aliphatic carbocycles. The van der Waals surface area contributed by atoms with Crippen molar-refractivity contribution in [1.29, 1.82) is 0 Å². The molecule has 2 atom stereocenters. The van der Waals surface area contributed by atoms with Crippen molar-refractivity contribution in [2.45, 2.75) is 26.2 Å². The molecule has 0 aliphatic heterocycles. The fourth-order valence-electron chi connectivity index (χ4n) is 2.24. The molecule has 1 aromatic rings. The van der Waals surface area contributed by atoms with E-state index in [2.05, 4.69) is 33.2 Å². The van der Waals surface area contributed by atoms with Crippen LogP contribution in [0.5, 0.6) is 0 Å². The second kappa shape index (κ2) is 4.97. The molecule has 15 heavy (non-hydrogen) atoms. The molecule has 2 unspecified atom stereocenters. The molecule has 1 heterocycles. The fourth-order valence-corrected chi connectivity index (χ4v) is 2.48. The molecule has 0 saturated heterocycles. The summed E-state index contributed by atoms with van der Waals surface area (Å²) in [7, 11) is 0. The molecular weight excluding hydrogens is 252 g/mol. The lowest BCUT2D eigenvalue weighted by Gasteiger charge is -2.16. The quantitative estimate of drug-likeness (QED) is 0.905. The van der Waals surface area contributed by atoms with Crippen LogP contribution in [0.3, 0.4) is 0 Å². The van der Waals surface area contributed by atoms with Crippen molar-refractivity contribution in [2.24, 2.45) is 11.8 Å². The minimum atomic E-state index is 0.829. The van der Waals surface area contributed by atoms with Gasteiger partial charge in [-0.1, -0.05) is 19.8 Å². The van der Waals surface area contributed by atoms with Crippen LogP contribution in [0.25, 0.3) is 0 Å². The fraction of sp³-hybridized carbons (Fsp3) is 0.583. The molecular formula is C12H17BrN2. The molecule has 0 radical (unpaired) electrons. The van der Waals surface area contributed by atoms with E-state index in [0.717, 1.165) is 28.7 Å². The van der Waals surface area contributed by atoms with Crippen molar-refractivity contribution in [2.75, 3.05) is 11.9 Å². The van der Waals surface area contributed by atoms with Crippen molar-refractivity contribution in [3.8, 4) is 0 Å². The van der Waals surface area contributed by atoms with Crippen LogP contribution in [-0.2, 0) is 0 Å². The molecule has 1 aliphatic rings. The zero-order valence-corrected chi connectivity index (χ0v) is 10.6. The van der Waals surface area contributed by atoms with Crippen molar-refractivity contribution >= 4 is 21.7 Å². The Morgan fingerprint density at radius 3 is 2.93 bits per heavy atom.